The van der Waals surface area contributed by atoms with Crippen molar-refractivity contribution in [3.8, 4) is 11.5 Å². The maximum absolute atomic E-state index is 13.3. The molecule has 3 aromatic rings. The summed E-state index contributed by atoms with van der Waals surface area (Å²) >= 11 is 1.17. The first-order valence-electron chi connectivity index (χ1n) is 10.7. The van der Waals surface area contributed by atoms with Crippen LogP contribution in [0.15, 0.2) is 71.7 Å². The van der Waals surface area contributed by atoms with Gasteiger partial charge in [0.1, 0.15) is 16.9 Å². The van der Waals surface area contributed by atoms with Crippen LogP contribution >= 0.6 is 11.8 Å². The molecule has 178 valence electrons. The van der Waals surface area contributed by atoms with E-state index < -0.39 is 16.9 Å². The Kier molecular flexibility index (Phi) is 6.37. The Balaban J connectivity index is 1.36. The van der Waals surface area contributed by atoms with Gasteiger partial charge in [-0.25, -0.2) is 13.8 Å². The first kappa shape index (κ1) is 22.9. The third kappa shape index (κ3) is 5.27. The first-order chi connectivity index (χ1) is 16.9. The molecule has 10 heteroatoms. The molecule has 7 nitrogen and oxygen atoms in total. The minimum Gasteiger partial charge on any atom is -0.454 e. The Hall–Kier alpha value is -3.92. The third-order valence-corrected chi connectivity index (χ3v) is 6.52. The fraction of sp³-hybridized carbons (Fsp3) is 0.160. The lowest BCUT2D eigenvalue weighted by molar-refractivity contribution is -0.128. The molecule has 1 atom stereocenters. The van der Waals surface area contributed by atoms with Gasteiger partial charge in [0.2, 0.25) is 18.6 Å². The van der Waals surface area contributed by atoms with Crippen molar-refractivity contribution >= 4 is 40.1 Å². The van der Waals surface area contributed by atoms with E-state index in [1.54, 1.807) is 12.1 Å². The van der Waals surface area contributed by atoms with Crippen molar-refractivity contribution in [2.24, 2.45) is 4.99 Å². The number of thioether (sulfide) groups is 1. The molecule has 0 radical (unpaired) electrons. The number of nitrogens with zero attached hydrogens (tertiary/aromatic N) is 2. The number of fused-ring (bicyclic) bond motifs is 1. The van der Waals surface area contributed by atoms with Crippen molar-refractivity contribution in [2.45, 2.75) is 18.2 Å². The van der Waals surface area contributed by atoms with Crippen LogP contribution in [0.5, 0.6) is 11.5 Å². The summed E-state index contributed by atoms with van der Waals surface area (Å²) in [4.78, 5) is 31.9. The molecule has 35 heavy (non-hydrogen) atoms. The number of hydrogen-bond donors (Lipinski definition) is 1. The highest BCUT2D eigenvalue weighted by atomic mass is 32.2. The molecule has 2 amide bonds. The molecule has 1 fully saturated rings. The normalized spacial score (nSPS) is 17.8. The molecule has 2 aliphatic heterocycles. The molecule has 1 saturated heterocycles. The number of benzene rings is 3. The molecular weight excluding hydrogens is 476 g/mol. The quantitative estimate of drug-likeness (QED) is 0.529. The molecule has 5 rings (SSSR count). The predicted octanol–water partition coefficient (Wildman–Crippen LogP) is 4.85. The van der Waals surface area contributed by atoms with Gasteiger partial charge < -0.3 is 14.8 Å². The maximum Gasteiger partial charge on any atom is 0.242 e. The van der Waals surface area contributed by atoms with Crippen LogP contribution in [0.1, 0.15) is 12.0 Å². The Labute approximate surface area is 203 Å². The minimum atomic E-state index is -0.705. The molecule has 2 aliphatic rings. The topological polar surface area (TPSA) is 80.2 Å². The van der Waals surface area contributed by atoms with Crippen LogP contribution < -0.4 is 14.8 Å². The van der Waals surface area contributed by atoms with Crippen molar-refractivity contribution in [1.82, 2.24) is 4.90 Å². The van der Waals surface area contributed by atoms with Crippen LogP contribution in [-0.2, 0) is 16.1 Å². The van der Waals surface area contributed by atoms with Crippen molar-refractivity contribution < 1.29 is 27.8 Å². The predicted molar refractivity (Wildman–Crippen MR) is 128 cm³/mol. The van der Waals surface area contributed by atoms with Crippen LogP contribution in [0.25, 0.3) is 0 Å². The summed E-state index contributed by atoms with van der Waals surface area (Å²) in [6, 6.07) is 16.4. The molecule has 0 spiro atoms. The zero-order valence-electron chi connectivity index (χ0n) is 18.2. The lowest BCUT2D eigenvalue weighted by Gasteiger charge is -2.17. The highest BCUT2D eigenvalue weighted by Crippen LogP contribution is 2.36. The first-order valence-corrected chi connectivity index (χ1v) is 11.6. The van der Waals surface area contributed by atoms with E-state index in [0.29, 0.717) is 28.0 Å². The van der Waals surface area contributed by atoms with Gasteiger partial charge in [-0.05, 0) is 66.2 Å². The molecule has 0 bridgehead atoms. The lowest BCUT2D eigenvalue weighted by Crippen LogP contribution is -2.33. The Bertz CT molecular complexity index is 1300. The van der Waals surface area contributed by atoms with Crippen LogP contribution in [0.2, 0.25) is 0 Å². The van der Waals surface area contributed by atoms with E-state index in [1.807, 2.05) is 6.07 Å². The second-order valence-electron chi connectivity index (χ2n) is 7.85. The average Bonchev–Trinajstić information content (AvgIpc) is 3.42. The van der Waals surface area contributed by atoms with Crippen molar-refractivity contribution in [3.63, 3.8) is 0 Å². The zero-order valence-corrected chi connectivity index (χ0v) is 19.1. The van der Waals surface area contributed by atoms with Gasteiger partial charge in [-0.2, -0.15) is 0 Å². The SMILES string of the molecule is O=C(C[C@H]1SC(=Nc2ccc(F)cc2)N(Cc2ccc3c(c2)OCO3)C1=O)Nc1ccc(F)cc1. The van der Waals surface area contributed by atoms with E-state index in [1.165, 1.54) is 65.2 Å². The van der Waals surface area contributed by atoms with E-state index in [-0.39, 0.29) is 31.6 Å². The number of carbonyl (C=O) groups excluding carboxylic acids is 2. The number of halogens is 2. The summed E-state index contributed by atoms with van der Waals surface area (Å²) in [5.41, 5.74) is 1.71. The van der Waals surface area contributed by atoms with Crippen LogP contribution in [0, 0.1) is 11.6 Å². The monoisotopic (exact) mass is 495 g/mol. The van der Waals surface area contributed by atoms with Gasteiger partial charge in [0, 0.05) is 12.1 Å². The van der Waals surface area contributed by atoms with Crippen LogP contribution in [0.3, 0.4) is 0 Å². The van der Waals surface area contributed by atoms with Gasteiger partial charge in [0.25, 0.3) is 0 Å². The number of carbonyl (C=O) groups is 2. The molecule has 0 aromatic heterocycles. The number of amides is 2. The fourth-order valence-corrected chi connectivity index (χ4v) is 4.79. The molecule has 0 saturated carbocycles. The fourth-order valence-electron chi connectivity index (χ4n) is 3.63. The second kappa shape index (κ2) is 9.75. The minimum absolute atomic E-state index is 0.0963. The molecule has 2 heterocycles. The number of anilines is 1. The van der Waals surface area contributed by atoms with Crippen LogP contribution in [-0.4, -0.2) is 33.9 Å². The Morgan fingerprint density at radius 3 is 2.43 bits per heavy atom. The maximum atomic E-state index is 13.3. The standard InChI is InChI=1S/C25H19F2N3O4S/c26-16-2-6-18(7-3-16)28-23(31)12-22-24(32)30(13-15-1-10-20-21(11-15)34-14-33-20)25(35-22)29-19-8-4-17(27)5-9-19/h1-11,22H,12-14H2,(H,28,31)/t22-/m1/s1. The molecule has 0 unspecified atom stereocenters. The van der Waals surface area contributed by atoms with Gasteiger partial charge in [-0.3, -0.25) is 14.5 Å². The summed E-state index contributed by atoms with van der Waals surface area (Å²) in [6.45, 7) is 0.346. The molecule has 0 aliphatic carbocycles. The highest BCUT2D eigenvalue weighted by Gasteiger charge is 2.39. The number of amidine groups is 1. The van der Waals surface area contributed by atoms with E-state index in [2.05, 4.69) is 10.3 Å². The number of rotatable bonds is 6. The van der Waals surface area contributed by atoms with E-state index in [0.717, 1.165) is 5.56 Å². The summed E-state index contributed by atoms with van der Waals surface area (Å²) in [7, 11) is 0. The largest absolute Gasteiger partial charge is 0.454 e. The van der Waals surface area contributed by atoms with Gasteiger partial charge in [0.15, 0.2) is 16.7 Å². The van der Waals surface area contributed by atoms with Gasteiger partial charge in [-0.15, -0.1) is 0 Å². The summed E-state index contributed by atoms with van der Waals surface area (Å²) in [5, 5.41) is 2.38. The van der Waals surface area contributed by atoms with Gasteiger partial charge >= 0.3 is 0 Å². The number of nitrogens with one attached hydrogen (secondary N) is 1. The number of ether oxygens (including phenoxy) is 2. The smallest absolute Gasteiger partial charge is 0.242 e. The summed E-state index contributed by atoms with van der Waals surface area (Å²) in [6.07, 6.45) is -0.0963. The van der Waals surface area contributed by atoms with Gasteiger partial charge in [0.05, 0.1) is 12.2 Å². The number of hydrogen-bond acceptors (Lipinski definition) is 6. The Morgan fingerprint density at radius 1 is 1.00 bits per heavy atom. The summed E-state index contributed by atoms with van der Waals surface area (Å²) < 4.78 is 37.2. The average molecular weight is 496 g/mol. The molecule has 1 N–H and O–H groups in total. The molecule has 3 aromatic carbocycles. The van der Waals surface area contributed by atoms with Crippen molar-refractivity contribution in [2.75, 3.05) is 12.1 Å². The van der Waals surface area contributed by atoms with Crippen molar-refractivity contribution in [1.29, 1.82) is 0 Å². The van der Waals surface area contributed by atoms with Gasteiger partial charge in [-0.1, -0.05) is 17.8 Å². The third-order valence-electron chi connectivity index (χ3n) is 5.35. The van der Waals surface area contributed by atoms with Crippen molar-refractivity contribution in [3.05, 3.63) is 83.9 Å². The second-order valence-corrected chi connectivity index (χ2v) is 9.02. The zero-order chi connectivity index (χ0) is 24.4. The van der Waals surface area contributed by atoms with E-state index in [9.17, 15) is 18.4 Å². The van der Waals surface area contributed by atoms with E-state index in [4.69, 9.17) is 9.47 Å². The Morgan fingerprint density at radius 2 is 1.69 bits per heavy atom. The van der Waals surface area contributed by atoms with Crippen LogP contribution in [0.4, 0.5) is 20.2 Å². The lowest BCUT2D eigenvalue weighted by atomic mass is 10.1. The number of aliphatic imine (C=N–C) groups is 1. The summed E-state index contributed by atoms with van der Waals surface area (Å²) in [5.74, 6) is -0.237. The van der Waals surface area contributed by atoms with E-state index >= 15 is 0 Å². The highest BCUT2D eigenvalue weighted by molar-refractivity contribution is 8.15. The molecular formula is C25H19F2N3O4S.